The molecule has 7 heteroatoms. The van der Waals surface area contributed by atoms with Crippen LogP contribution in [-0.4, -0.2) is 40.6 Å². The minimum Gasteiger partial charge on any atom is -0.395 e. The fourth-order valence-corrected chi connectivity index (χ4v) is 3.22. The number of nitrogens with zero attached hydrogens (tertiary/aromatic N) is 1. The predicted molar refractivity (Wildman–Crippen MR) is 92.7 cm³/mol. The second-order valence-corrected chi connectivity index (χ2v) is 6.23. The number of nitrogens with one attached hydrogen (secondary N) is 2. The Balaban J connectivity index is 2.25. The summed E-state index contributed by atoms with van der Waals surface area (Å²) in [6, 6.07) is 7.35. The van der Waals surface area contributed by atoms with Crippen molar-refractivity contribution in [3.8, 4) is 11.3 Å². The van der Waals surface area contributed by atoms with E-state index in [1.165, 1.54) is 18.3 Å². The van der Waals surface area contributed by atoms with E-state index in [9.17, 15) is 9.59 Å². The number of carbonyl (C=O) groups is 1. The second kappa shape index (κ2) is 8.05. The van der Waals surface area contributed by atoms with E-state index in [2.05, 4.69) is 15.2 Å². The van der Waals surface area contributed by atoms with Crippen molar-refractivity contribution >= 4 is 22.9 Å². The molecule has 3 N–H and O–H groups in total. The van der Waals surface area contributed by atoms with Crippen LogP contribution in [0, 0.1) is 0 Å². The quantitative estimate of drug-likeness (QED) is 0.721. The average Bonchev–Trinajstić information content (AvgIpc) is 2.87. The fourth-order valence-electron chi connectivity index (χ4n) is 2.32. The molecule has 23 heavy (non-hydrogen) atoms. The molecular weight excluding hydrogens is 314 g/mol. The monoisotopic (exact) mass is 335 g/mol. The van der Waals surface area contributed by atoms with Crippen LogP contribution in [0.3, 0.4) is 0 Å². The first kappa shape index (κ1) is 17.4. The van der Waals surface area contributed by atoms with E-state index in [1.54, 1.807) is 0 Å². The Bertz CT molecular complexity index is 706. The van der Waals surface area contributed by atoms with Crippen molar-refractivity contribution in [1.82, 2.24) is 9.88 Å². The van der Waals surface area contributed by atoms with Crippen LogP contribution in [0.15, 0.2) is 29.1 Å². The number of thiazole rings is 1. The Morgan fingerprint density at radius 1 is 1.35 bits per heavy atom. The first-order chi connectivity index (χ1) is 11.0. The highest BCUT2D eigenvalue weighted by molar-refractivity contribution is 7.09. The summed E-state index contributed by atoms with van der Waals surface area (Å²) in [6.07, 6.45) is 0. The van der Waals surface area contributed by atoms with Gasteiger partial charge in [-0.25, -0.2) is 0 Å². The number of carbonyl (C=O) groups excluding carboxylic acids is 1. The van der Waals surface area contributed by atoms with Crippen LogP contribution in [0.5, 0.6) is 0 Å². The molecule has 124 valence electrons. The molecule has 1 amide bonds. The van der Waals surface area contributed by atoms with Gasteiger partial charge >= 0.3 is 4.87 Å². The molecule has 2 rings (SSSR count). The minimum atomic E-state index is -0.120. The summed E-state index contributed by atoms with van der Waals surface area (Å²) in [7, 11) is 0. The van der Waals surface area contributed by atoms with Crippen LogP contribution in [0.25, 0.3) is 11.3 Å². The minimum absolute atomic E-state index is 0.0912. The number of benzene rings is 1. The molecular formula is C16H21N3O3S. The lowest BCUT2D eigenvalue weighted by Crippen LogP contribution is -2.25. The lowest BCUT2D eigenvalue weighted by Gasteiger charge is -2.18. The molecule has 0 unspecified atom stereocenters. The molecule has 0 saturated heterocycles. The normalized spacial score (nSPS) is 11.0. The van der Waals surface area contributed by atoms with E-state index < -0.39 is 0 Å². The van der Waals surface area contributed by atoms with Gasteiger partial charge < -0.3 is 15.4 Å². The summed E-state index contributed by atoms with van der Waals surface area (Å²) in [5, 5.41) is 11.8. The molecule has 0 atom stereocenters. The number of amides is 1. The maximum Gasteiger partial charge on any atom is 0.305 e. The lowest BCUT2D eigenvalue weighted by atomic mass is 10.1. The summed E-state index contributed by atoms with van der Waals surface area (Å²) in [5.74, 6) is -0.120. The molecule has 1 heterocycles. The first-order valence-corrected chi connectivity index (χ1v) is 8.28. The highest BCUT2D eigenvalue weighted by atomic mass is 32.1. The predicted octanol–water partition coefficient (Wildman–Crippen LogP) is 1.88. The number of aromatic nitrogens is 1. The van der Waals surface area contributed by atoms with Gasteiger partial charge in [-0.1, -0.05) is 30.4 Å². The smallest absolute Gasteiger partial charge is 0.305 e. The van der Waals surface area contributed by atoms with E-state index >= 15 is 0 Å². The zero-order valence-corrected chi connectivity index (χ0v) is 14.1. The van der Waals surface area contributed by atoms with Gasteiger partial charge in [-0.05, 0) is 24.2 Å². The van der Waals surface area contributed by atoms with Crippen LogP contribution in [-0.2, 0) is 11.3 Å². The third kappa shape index (κ3) is 4.75. The van der Waals surface area contributed by atoms with Crippen molar-refractivity contribution in [2.75, 3.05) is 25.0 Å². The van der Waals surface area contributed by atoms with Crippen LogP contribution in [0.1, 0.15) is 18.7 Å². The van der Waals surface area contributed by atoms with Gasteiger partial charge in [-0.3, -0.25) is 14.5 Å². The highest BCUT2D eigenvalue weighted by Gasteiger charge is 2.13. The molecule has 0 spiro atoms. The maximum atomic E-state index is 11.8. The van der Waals surface area contributed by atoms with Gasteiger partial charge in [-0.15, -0.1) is 0 Å². The molecule has 0 fully saturated rings. The van der Waals surface area contributed by atoms with Crippen molar-refractivity contribution in [3.05, 3.63) is 38.8 Å². The van der Waals surface area contributed by atoms with Gasteiger partial charge in [0.05, 0.1) is 12.3 Å². The van der Waals surface area contributed by atoms with Crippen molar-refractivity contribution < 1.29 is 9.90 Å². The molecule has 0 radical (unpaired) electrons. The molecule has 6 nitrogen and oxygen atoms in total. The number of likely N-dealkylation sites (N-methyl/N-ethyl adjacent to an activating group) is 1. The average molecular weight is 335 g/mol. The van der Waals surface area contributed by atoms with E-state index in [1.807, 2.05) is 31.2 Å². The number of hydrogen-bond acceptors (Lipinski definition) is 5. The first-order valence-electron chi connectivity index (χ1n) is 7.46. The van der Waals surface area contributed by atoms with E-state index in [4.69, 9.17) is 5.11 Å². The van der Waals surface area contributed by atoms with Crippen molar-refractivity contribution in [3.63, 3.8) is 0 Å². The molecule has 0 aliphatic heterocycles. The van der Waals surface area contributed by atoms with E-state index in [0.717, 1.165) is 28.4 Å². The van der Waals surface area contributed by atoms with Crippen molar-refractivity contribution in [1.29, 1.82) is 0 Å². The lowest BCUT2D eigenvalue weighted by molar-refractivity contribution is -0.114. The largest absolute Gasteiger partial charge is 0.395 e. The van der Waals surface area contributed by atoms with Crippen LogP contribution < -0.4 is 10.2 Å². The zero-order valence-electron chi connectivity index (χ0n) is 13.3. The Kier molecular flexibility index (Phi) is 6.09. The van der Waals surface area contributed by atoms with Gasteiger partial charge in [0.25, 0.3) is 0 Å². The number of aliphatic hydroxyl groups excluding tert-OH is 1. The van der Waals surface area contributed by atoms with Crippen LogP contribution >= 0.6 is 11.3 Å². The Morgan fingerprint density at radius 3 is 2.61 bits per heavy atom. The number of anilines is 1. The van der Waals surface area contributed by atoms with Gasteiger partial charge in [0.2, 0.25) is 5.91 Å². The van der Waals surface area contributed by atoms with E-state index in [-0.39, 0.29) is 17.4 Å². The van der Waals surface area contributed by atoms with Crippen molar-refractivity contribution in [2.45, 2.75) is 20.4 Å². The number of aliphatic hydroxyl groups is 1. The summed E-state index contributed by atoms with van der Waals surface area (Å²) < 4.78 is 0. The Hall–Kier alpha value is -1.96. The molecule has 0 bridgehead atoms. The molecule has 0 saturated carbocycles. The number of H-pyrrole nitrogens is 1. The zero-order chi connectivity index (χ0) is 16.8. The third-order valence-corrected chi connectivity index (χ3v) is 4.31. The SMILES string of the molecule is CCN(CCO)Cc1sc(=O)[nH]c1-c1ccc(NC(C)=O)cc1. The molecule has 1 aromatic heterocycles. The summed E-state index contributed by atoms with van der Waals surface area (Å²) >= 11 is 1.19. The number of hydrogen-bond donors (Lipinski definition) is 3. The van der Waals surface area contributed by atoms with Crippen LogP contribution in [0.2, 0.25) is 0 Å². The Morgan fingerprint density at radius 2 is 2.04 bits per heavy atom. The number of aromatic amines is 1. The highest BCUT2D eigenvalue weighted by Crippen LogP contribution is 2.25. The third-order valence-electron chi connectivity index (χ3n) is 3.45. The van der Waals surface area contributed by atoms with Crippen LogP contribution in [0.4, 0.5) is 5.69 Å². The topological polar surface area (TPSA) is 85.4 Å². The van der Waals surface area contributed by atoms with Crippen molar-refractivity contribution in [2.24, 2.45) is 0 Å². The number of rotatable bonds is 7. The molecule has 2 aromatic rings. The standard InChI is InChI=1S/C16H21N3O3S/c1-3-19(8-9-20)10-14-15(18-16(22)23-14)12-4-6-13(7-5-12)17-11(2)21/h4-7,20H,3,8-10H2,1-2H3,(H,17,21)(H,18,22). The van der Waals surface area contributed by atoms with Gasteiger partial charge in [0.15, 0.2) is 0 Å². The fraction of sp³-hybridized carbons (Fsp3) is 0.375. The Labute approximate surface area is 138 Å². The summed E-state index contributed by atoms with van der Waals surface area (Å²) in [4.78, 5) is 28.6. The molecule has 1 aromatic carbocycles. The van der Waals surface area contributed by atoms with Gasteiger partial charge in [0.1, 0.15) is 0 Å². The molecule has 0 aliphatic rings. The summed E-state index contributed by atoms with van der Waals surface area (Å²) in [5.41, 5.74) is 2.41. The van der Waals surface area contributed by atoms with Gasteiger partial charge in [0, 0.05) is 30.6 Å². The second-order valence-electron chi connectivity index (χ2n) is 5.16. The molecule has 0 aliphatic carbocycles. The van der Waals surface area contributed by atoms with E-state index in [0.29, 0.717) is 13.1 Å². The summed E-state index contributed by atoms with van der Waals surface area (Å²) in [6.45, 7) is 5.56. The maximum absolute atomic E-state index is 11.8. The van der Waals surface area contributed by atoms with Gasteiger partial charge in [-0.2, -0.15) is 0 Å².